The normalized spacial score (nSPS) is 10.2. The summed E-state index contributed by atoms with van der Waals surface area (Å²) in [5.41, 5.74) is 5.29. The first-order valence-electron chi connectivity index (χ1n) is 3.52. The molecule has 1 aromatic rings. The largest absolute Gasteiger partial charge is 0.481 e. The minimum Gasteiger partial charge on any atom is -0.481 e. The van der Waals surface area contributed by atoms with Gasteiger partial charge in [-0.1, -0.05) is 0 Å². The number of rotatable bonds is 1. The number of amidine groups is 1. The smallest absolute Gasteiger partial charge is 0.300 e. The molecule has 72 valence electrons. The van der Waals surface area contributed by atoms with Crippen molar-refractivity contribution in [1.82, 2.24) is 10.2 Å². The van der Waals surface area contributed by atoms with Crippen LogP contribution in [0.15, 0.2) is 17.3 Å². The summed E-state index contributed by atoms with van der Waals surface area (Å²) in [5.74, 6) is 0.384. The van der Waals surface area contributed by atoms with Crippen LogP contribution in [0.4, 0.5) is 5.82 Å². The van der Waals surface area contributed by atoms with E-state index in [1.165, 1.54) is 0 Å². The molecule has 0 bridgehead atoms. The molecule has 4 N–H and O–H groups in total. The van der Waals surface area contributed by atoms with Crippen molar-refractivity contribution in [2.45, 2.75) is 13.8 Å². The summed E-state index contributed by atoms with van der Waals surface area (Å²) in [4.78, 5) is 12.9. The fourth-order valence-electron chi connectivity index (χ4n) is 0.501. The van der Waals surface area contributed by atoms with Gasteiger partial charge in [-0.25, -0.2) is 4.99 Å². The molecule has 1 aromatic heterocycles. The number of hydrogen-bond donors (Lipinski definition) is 3. The van der Waals surface area contributed by atoms with Crippen molar-refractivity contribution in [3.05, 3.63) is 12.3 Å². The number of aromatic amines is 1. The maximum atomic E-state index is 9.00. The van der Waals surface area contributed by atoms with Gasteiger partial charge >= 0.3 is 0 Å². The number of H-pyrrole nitrogens is 1. The summed E-state index contributed by atoms with van der Waals surface area (Å²) in [6.45, 7) is 2.81. The van der Waals surface area contributed by atoms with Crippen LogP contribution in [0.3, 0.4) is 0 Å². The van der Waals surface area contributed by atoms with Gasteiger partial charge in [0.05, 0.1) is 12.0 Å². The van der Waals surface area contributed by atoms with Crippen LogP contribution < -0.4 is 5.73 Å². The molecule has 0 amide bonds. The van der Waals surface area contributed by atoms with Gasteiger partial charge in [-0.2, -0.15) is 5.10 Å². The molecule has 0 aromatic carbocycles. The fraction of sp³-hybridized carbons (Fsp3) is 0.286. The number of aliphatic imine (C=N–C) groups is 1. The second-order valence-electron chi connectivity index (χ2n) is 2.21. The van der Waals surface area contributed by atoms with Crippen LogP contribution in [0.5, 0.6) is 0 Å². The first-order valence-corrected chi connectivity index (χ1v) is 3.52. The maximum absolute atomic E-state index is 9.00. The highest BCUT2D eigenvalue weighted by Crippen LogP contribution is 2.02. The Balaban J connectivity index is 0.000000310. The summed E-state index contributed by atoms with van der Waals surface area (Å²) < 4.78 is 0. The molecular weight excluding hydrogens is 172 g/mol. The van der Waals surface area contributed by atoms with Crippen LogP contribution in [0.25, 0.3) is 0 Å². The number of nitrogens with one attached hydrogen (secondary N) is 1. The van der Waals surface area contributed by atoms with Gasteiger partial charge in [-0.3, -0.25) is 9.89 Å². The van der Waals surface area contributed by atoms with E-state index in [9.17, 15) is 0 Å². The van der Waals surface area contributed by atoms with Crippen LogP contribution in [0.1, 0.15) is 13.8 Å². The van der Waals surface area contributed by atoms with Crippen LogP contribution in [0, 0.1) is 0 Å². The van der Waals surface area contributed by atoms with Crippen LogP contribution in [0.2, 0.25) is 0 Å². The highest BCUT2D eigenvalue weighted by Gasteiger charge is 1.85. The molecule has 0 unspecified atom stereocenters. The second kappa shape index (κ2) is 5.76. The molecule has 0 aliphatic heterocycles. The average Bonchev–Trinajstić information content (AvgIpc) is 2.36. The van der Waals surface area contributed by atoms with Crippen molar-refractivity contribution in [2.24, 2.45) is 10.7 Å². The summed E-state index contributed by atoms with van der Waals surface area (Å²) in [7, 11) is 0. The third kappa shape index (κ3) is 8.05. The predicted molar refractivity (Wildman–Crippen MR) is 48.9 cm³/mol. The van der Waals surface area contributed by atoms with E-state index in [-0.39, 0.29) is 0 Å². The van der Waals surface area contributed by atoms with Crippen LogP contribution >= 0.6 is 0 Å². The van der Waals surface area contributed by atoms with Crippen LogP contribution in [-0.2, 0) is 4.79 Å². The Hall–Kier alpha value is -1.85. The molecule has 0 saturated heterocycles. The van der Waals surface area contributed by atoms with Crippen molar-refractivity contribution in [2.75, 3.05) is 0 Å². The van der Waals surface area contributed by atoms with Gasteiger partial charge in [0.1, 0.15) is 5.82 Å². The number of aromatic nitrogens is 2. The van der Waals surface area contributed by atoms with Gasteiger partial charge in [0.2, 0.25) is 0 Å². The zero-order valence-electron chi connectivity index (χ0n) is 7.48. The molecule has 13 heavy (non-hydrogen) atoms. The Morgan fingerprint density at radius 3 is 2.54 bits per heavy atom. The van der Waals surface area contributed by atoms with E-state index in [1.54, 1.807) is 19.2 Å². The number of hydrogen-bond acceptors (Lipinski definition) is 3. The van der Waals surface area contributed by atoms with E-state index < -0.39 is 5.97 Å². The van der Waals surface area contributed by atoms with Gasteiger partial charge in [0, 0.05) is 13.0 Å². The van der Waals surface area contributed by atoms with Crippen molar-refractivity contribution >= 4 is 17.6 Å². The van der Waals surface area contributed by atoms with Gasteiger partial charge in [-0.15, -0.1) is 0 Å². The first kappa shape index (κ1) is 11.2. The SMILES string of the molecule is CC(=O)O.CC(N)=Nc1ccn[nH]1. The van der Waals surface area contributed by atoms with Crippen LogP contribution in [-0.4, -0.2) is 27.1 Å². The molecular formula is C7H12N4O2. The molecule has 6 nitrogen and oxygen atoms in total. The fourth-order valence-corrected chi connectivity index (χ4v) is 0.501. The first-order chi connectivity index (χ1) is 6.02. The van der Waals surface area contributed by atoms with E-state index in [0.717, 1.165) is 6.92 Å². The molecule has 0 saturated carbocycles. The third-order valence-corrected chi connectivity index (χ3v) is 0.783. The van der Waals surface area contributed by atoms with Gasteiger partial charge in [0.15, 0.2) is 0 Å². The Bertz CT molecular complexity index is 271. The molecule has 0 atom stereocenters. The van der Waals surface area contributed by atoms with E-state index in [4.69, 9.17) is 15.6 Å². The zero-order chi connectivity index (χ0) is 10.3. The standard InChI is InChI=1S/C5H8N4.C2H4O2/c1-4(6)8-5-2-3-7-9-5;1-2(3)4/h2-3H,1H3,(H3,6,7,8,9);1H3,(H,3,4). The zero-order valence-corrected chi connectivity index (χ0v) is 7.48. The Labute approximate surface area is 75.5 Å². The van der Waals surface area contributed by atoms with Gasteiger partial charge in [0.25, 0.3) is 5.97 Å². The molecule has 0 radical (unpaired) electrons. The molecule has 0 fully saturated rings. The summed E-state index contributed by atoms with van der Waals surface area (Å²) >= 11 is 0. The van der Waals surface area contributed by atoms with Gasteiger partial charge < -0.3 is 10.8 Å². The minimum absolute atomic E-state index is 0.527. The maximum Gasteiger partial charge on any atom is 0.300 e. The van der Waals surface area contributed by atoms with E-state index >= 15 is 0 Å². The Morgan fingerprint density at radius 2 is 2.23 bits per heavy atom. The number of nitrogens with two attached hydrogens (primary N) is 1. The molecule has 1 heterocycles. The van der Waals surface area contributed by atoms with E-state index in [0.29, 0.717) is 11.7 Å². The summed E-state index contributed by atoms with van der Waals surface area (Å²) in [5, 5.41) is 13.8. The predicted octanol–water partition coefficient (Wildman–Crippen LogP) is 0.509. The lowest BCUT2D eigenvalue weighted by Crippen LogP contribution is -2.03. The number of carboxylic acid groups (broad SMARTS) is 1. The number of nitrogens with zero attached hydrogens (tertiary/aromatic N) is 2. The van der Waals surface area contributed by atoms with Crippen molar-refractivity contribution in [3.8, 4) is 0 Å². The molecule has 1 rings (SSSR count). The summed E-state index contributed by atoms with van der Waals surface area (Å²) in [6, 6.07) is 1.75. The lowest BCUT2D eigenvalue weighted by atomic mass is 10.6. The molecule has 0 spiro atoms. The lowest BCUT2D eigenvalue weighted by molar-refractivity contribution is -0.134. The number of aliphatic carboxylic acids is 1. The third-order valence-electron chi connectivity index (χ3n) is 0.783. The highest BCUT2D eigenvalue weighted by atomic mass is 16.4. The molecule has 0 aliphatic carbocycles. The quantitative estimate of drug-likeness (QED) is 0.436. The number of carbonyl (C=O) groups is 1. The second-order valence-corrected chi connectivity index (χ2v) is 2.21. The molecule has 0 aliphatic rings. The number of carboxylic acids is 1. The van der Waals surface area contributed by atoms with E-state index in [2.05, 4.69) is 15.2 Å². The van der Waals surface area contributed by atoms with Crippen molar-refractivity contribution < 1.29 is 9.90 Å². The Kier molecular flexibility index (Phi) is 4.94. The summed E-state index contributed by atoms with van der Waals surface area (Å²) in [6.07, 6.45) is 1.63. The van der Waals surface area contributed by atoms with Crippen molar-refractivity contribution in [1.29, 1.82) is 0 Å². The topological polar surface area (TPSA) is 104 Å². The van der Waals surface area contributed by atoms with Gasteiger partial charge in [-0.05, 0) is 6.92 Å². The average molecular weight is 184 g/mol. The lowest BCUT2D eigenvalue weighted by Gasteiger charge is -1.85. The Morgan fingerprint density at radius 1 is 1.69 bits per heavy atom. The van der Waals surface area contributed by atoms with E-state index in [1.807, 2.05) is 0 Å². The monoisotopic (exact) mass is 184 g/mol. The highest BCUT2D eigenvalue weighted by molar-refractivity contribution is 5.79. The van der Waals surface area contributed by atoms with Crippen molar-refractivity contribution in [3.63, 3.8) is 0 Å². The molecule has 6 heteroatoms. The minimum atomic E-state index is -0.833.